The van der Waals surface area contributed by atoms with Gasteiger partial charge in [-0.2, -0.15) is 5.26 Å². The number of piperidine rings is 1. The van der Waals surface area contributed by atoms with E-state index in [-0.39, 0.29) is 5.82 Å². The molecule has 1 aromatic carbocycles. The Morgan fingerprint density at radius 2 is 2.06 bits per heavy atom. The minimum atomic E-state index is -0.181. The smallest absolute Gasteiger partial charge is 0.123 e. The zero-order chi connectivity index (χ0) is 12.8. The predicted octanol–water partition coefficient (Wildman–Crippen LogP) is 3.14. The summed E-state index contributed by atoms with van der Waals surface area (Å²) in [6, 6.07) is 9.42. The van der Waals surface area contributed by atoms with Gasteiger partial charge in [0.05, 0.1) is 12.5 Å². The Hall–Kier alpha value is -1.40. The molecule has 0 saturated carbocycles. The Labute approximate surface area is 108 Å². The molecule has 18 heavy (non-hydrogen) atoms. The normalized spacial score (nSPS) is 20.6. The Bertz CT molecular complexity index is 407. The van der Waals surface area contributed by atoms with Crippen molar-refractivity contribution in [1.82, 2.24) is 4.90 Å². The third kappa shape index (κ3) is 3.54. The maximum Gasteiger partial charge on any atom is 0.123 e. The number of benzene rings is 1. The second-order valence-electron chi connectivity index (χ2n) is 4.92. The first-order valence-corrected chi connectivity index (χ1v) is 6.65. The Morgan fingerprint density at radius 1 is 1.28 bits per heavy atom. The van der Waals surface area contributed by atoms with Crippen LogP contribution in [0, 0.1) is 17.1 Å². The number of halogens is 1. The summed E-state index contributed by atoms with van der Waals surface area (Å²) in [6.45, 7) is 2.06. The van der Waals surface area contributed by atoms with Gasteiger partial charge in [0.1, 0.15) is 5.82 Å². The van der Waals surface area contributed by atoms with Crippen LogP contribution >= 0.6 is 0 Å². The van der Waals surface area contributed by atoms with Crippen LogP contribution in [0.3, 0.4) is 0 Å². The average Bonchev–Trinajstić information content (AvgIpc) is 2.40. The molecule has 0 aliphatic carbocycles. The molecule has 1 saturated heterocycles. The molecule has 1 atom stereocenters. The molecule has 1 aromatic rings. The van der Waals surface area contributed by atoms with Crippen molar-refractivity contribution < 1.29 is 4.39 Å². The molecule has 2 nitrogen and oxygen atoms in total. The van der Waals surface area contributed by atoms with Crippen LogP contribution in [0.15, 0.2) is 24.3 Å². The molecule has 0 bridgehead atoms. The first-order chi connectivity index (χ1) is 8.79. The number of likely N-dealkylation sites (tertiary alicyclic amines) is 1. The Balaban J connectivity index is 1.87. The highest BCUT2D eigenvalue weighted by Gasteiger charge is 2.21. The maximum absolute atomic E-state index is 12.8. The zero-order valence-corrected chi connectivity index (χ0v) is 10.6. The molecular weight excluding hydrogens is 227 g/mol. The molecule has 1 aliphatic rings. The summed E-state index contributed by atoms with van der Waals surface area (Å²) in [4.78, 5) is 2.41. The van der Waals surface area contributed by atoms with E-state index in [1.54, 1.807) is 0 Å². The lowest BCUT2D eigenvalue weighted by atomic mass is 9.99. The van der Waals surface area contributed by atoms with Gasteiger partial charge < -0.3 is 0 Å². The van der Waals surface area contributed by atoms with Crippen molar-refractivity contribution >= 4 is 0 Å². The van der Waals surface area contributed by atoms with E-state index in [1.807, 2.05) is 12.1 Å². The molecule has 2 rings (SSSR count). The zero-order valence-electron chi connectivity index (χ0n) is 10.6. The van der Waals surface area contributed by atoms with Crippen molar-refractivity contribution in [2.45, 2.75) is 38.1 Å². The maximum atomic E-state index is 12.8. The highest BCUT2D eigenvalue weighted by atomic mass is 19.1. The lowest BCUT2D eigenvalue weighted by Gasteiger charge is -2.34. The van der Waals surface area contributed by atoms with Gasteiger partial charge in [-0.25, -0.2) is 4.39 Å². The predicted molar refractivity (Wildman–Crippen MR) is 69.5 cm³/mol. The molecule has 3 heteroatoms. The lowest BCUT2D eigenvalue weighted by Crippen LogP contribution is -2.40. The molecule has 0 amide bonds. The van der Waals surface area contributed by atoms with Crippen LogP contribution < -0.4 is 0 Å². The SMILES string of the molecule is N#CCC1CCCCN1CCc1ccc(F)cc1. The molecule has 96 valence electrons. The van der Waals surface area contributed by atoms with Gasteiger partial charge in [-0.1, -0.05) is 18.6 Å². The molecule has 0 spiro atoms. The second-order valence-corrected chi connectivity index (χ2v) is 4.92. The summed E-state index contributed by atoms with van der Waals surface area (Å²) in [5.41, 5.74) is 1.16. The lowest BCUT2D eigenvalue weighted by molar-refractivity contribution is 0.152. The van der Waals surface area contributed by atoms with Crippen molar-refractivity contribution in [2.75, 3.05) is 13.1 Å². The summed E-state index contributed by atoms with van der Waals surface area (Å²) in [5.74, 6) is -0.181. The Morgan fingerprint density at radius 3 is 2.78 bits per heavy atom. The van der Waals surface area contributed by atoms with Crippen molar-refractivity contribution in [3.63, 3.8) is 0 Å². The third-order valence-electron chi connectivity index (χ3n) is 3.68. The standard InChI is InChI=1S/C15H19FN2/c16-14-6-4-13(5-7-14)9-12-18-11-2-1-3-15(18)8-10-17/h4-7,15H,1-3,8-9,11-12H2. The fourth-order valence-corrected chi connectivity index (χ4v) is 2.61. The van der Waals surface area contributed by atoms with Gasteiger partial charge in [0.15, 0.2) is 0 Å². The van der Waals surface area contributed by atoms with E-state index in [0.29, 0.717) is 12.5 Å². The Kier molecular flexibility index (Phi) is 4.72. The van der Waals surface area contributed by atoms with Gasteiger partial charge >= 0.3 is 0 Å². The minimum absolute atomic E-state index is 0.181. The van der Waals surface area contributed by atoms with Crippen molar-refractivity contribution in [3.8, 4) is 6.07 Å². The van der Waals surface area contributed by atoms with Crippen LogP contribution in [0.2, 0.25) is 0 Å². The van der Waals surface area contributed by atoms with Gasteiger partial charge in [0.25, 0.3) is 0 Å². The fourth-order valence-electron chi connectivity index (χ4n) is 2.61. The molecular formula is C15H19FN2. The summed E-state index contributed by atoms with van der Waals surface area (Å²) in [6.07, 6.45) is 5.16. The van der Waals surface area contributed by atoms with E-state index in [0.717, 1.165) is 31.5 Å². The summed E-state index contributed by atoms with van der Waals surface area (Å²) >= 11 is 0. The van der Waals surface area contributed by atoms with E-state index in [9.17, 15) is 4.39 Å². The van der Waals surface area contributed by atoms with Gasteiger partial charge in [-0.3, -0.25) is 4.90 Å². The first-order valence-electron chi connectivity index (χ1n) is 6.65. The molecule has 1 fully saturated rings. The summed E-state index contributed by atoms with van der Waals surface area (Å²) in [5, 5.41) is 8.83. The summed E-state index contributed by atoms with van der Waals surface area (Å²) in [7, 11) is 0. The highest BCUT2D eigenvalue weighted by molar-refractivity contribution is 5.16. The van der Waals surface area contributed by atoms with Crippen LogP contribution in [-0.4, -0.2) is 24.0 Å². The van der Waals surface area contributed by atoms with Gasteiger partial charge in [-0.15, -0.1) is 0 Å². The van der Waals surface area contributed by atoms with E-state index in [2.05, 4.69) is 11.0 Å². The van der Waals surface area contributed by atoms with Crippen molar-refractivity contribution in [3.05, 3.63) is 35.6 Å². The van der Waals surface area contributed by atoms with Crippen LogP contribution in [0.4, 0.5) is 4.39 Å². The molecule has 1 aliphatic heterocycles. The average molecular weight is 246 g/mol. The third-order valence-corrected chi connectivity index (χ3v) is 3.68. The number of rotatable bonds is 4. The van der Waals surface area contributed by atoms with E-state index >= 15 is 0 Å². The number of nitriles is 1. The monoisotopic (exact) mass is 246 g/mol. The van der Waals surface area contributed by atoms with Gasteiger partial charge in [0.2, 0.25) is 0 Å². The van der Waals surface area contributed by atoms with E-state index in [4.69, 9.17) is 5.26 Å². The van der Waals surface area contributed by atoms with Gasteiger partial charge in [-0.05, 0) is 43.5 Å². The molecule has 0 radical (unpaired) electrons. The topological polar surface area (TPSA) is 27.0 Å². The van der Waals surface area contributed by atoms with Crippen molar-refractivity contribution in [2.24, 2.45) is 0 Å². The molecule has 1 unspecified atom stereocenters. The first kappa shape index (κ1) is 13.0. The number of hydrogen-bond donors (Lipinski definition) is 0. The van der Waals surface area contributed by atoms with Gasteiger partial charge in [0, 0.05) is 12.6 Å². The van der Waals surface area contributed by atoms with Crippen LogP contribution in [-0.2, 0) is 6.42 Å². The quantitative estimate of drug-likeness (QED) is 0.816. The second kappa shape index (κ2) is 6.51. The number of hydrogen-bond acceptors (Lipinski definition) is 2. The van der Waals surface area contributed by atoms with E-state index < -0.39 is 0 Å². The molecule has 0 N–H and O–H groups in total. The van der Waals surface area contributed by atoms with Crippen molar-refractivity contribution in [1.29, 1.82) is 5.26 Å². The highest BCUT2D eigenvalue weighted by Crippen LogP contribution is 2.19. The fraction of sp³-hybridized carbons (Fsp3) is 0.533. The molecule has 1 heterocycles. The molecule has 0 aromatic heterocycles. The minimum Gasteiger partial charge on any atom is -0.299 e. The largest absolute Gasteiger partial charge is 0.299 e. The summed E-state index contributed by atoms with van der Waals surface area (Å²) < 4.78 is 12.8. The van der Waals surface area contributed by atoms with Crippen LogP contribution in [0.5, 0.6) is 0 Å². The number of nitrogens with zero attached hydrogens (tertiary/aromatic N) is 2. The van der Waals surface area contributed by atoms with Crippen LogP contribution in [0.1, 0.15) is 31.2 Å². The van der Waals surface area contributed by atoms with E-state index in [1.165, 1.54) is 25.0 Å². The van der Waals surface area contributed by atoms with Crippen LogP contribution in [0.25, 0.3) is 0 Å².